The van der Waals surface area contributed by atoms with Gasteiger partial charge < -0.3 is 9.72 Å². The average molecular weight is 387 g/mol. The molecule has 2 aliphatic carbocycles. The van der Waals surface area contributed by atoms with Gasteiger partial charge in [-0.2, -0.15) is 13.2 Å². The fourth-order valence-corrected chi connectivity index (χ4v) is 3.59. The minimum Gasteiger partial charge on any atom is -0.309 e. The first-order chi connectivity index (χ1) is 12.6. The first-order valence-electron chi connectivity index (χ1n) is 8.92. The van der Waals surface area contributed by atoms with Gasteiger partial charge in [-0.05, 0) is 37.8 Å². The van der Waals surface area contributed by atoms with Crippen molar-refractivity contribution < 1.29 is 26.7 Å². The summed E-state index contributed by atoms with van der Waals surface area (Å²) in [5, 5.41) is 2.68. The van der Waals surface area contributed by atoms with E-state index in [0.717, 1.165) is 25.1 Å². The lowest BCUT2D eigenvalue weighted by Gasteiger charge is -2.27. The Morgan fingerprint density at radius 1 is 1.15 bits per heavy atom. The molecule has 9 heteroatoms. The zero-order chi connectivity index (χ0) is 19.4. The van der Waals surface area contributed by atoms with Crippen molar-refractivity contribution in [2.45, 2.75) is 56.5 Å². The number of imidazole rings is 1. The Morgan fingerprint density at radius 3 is 2.41 bits per heavy atom. The van der Waals surface area contributed by atoms with E-state index in [1.54, 1.807) is 0 Å². The molecule has 0 bridgehead atoms. The van der Waals surface area contributed by atoms with E-state index in [0.29, 0.717) is 11.3 Å². The molecule has 1 amide bonds. The number of nitrogens with one attached hydrogen (secondary N) is 1. The van der Waals surface area contributed by atoms with Crippen molar-refractivity contribution >= 4 is 17.4 Å². The molecule has 1 N–H and O–H groups in total. The second-order valence-electron chi connectivity index (χ2n) is 7.38. The molecule has 0 aliphatic heterocycles. The lowest BCUT2D eigenvalue weighted by Crippen LogP contribution is -2.32. The molecule has 0 unspecified atom stereocenters. The van der Waals surface area contributed by atoms with E-state index in [1.165, 1.54) is 10.5 Å². The predicted octanol–water partition coefficient (Wildman–Crippen LogP) is 4.99. The van der Waals surface area contributed by atoms with E-state index in [-0.39, 0.29) is 37.4 Å². The molecule has 2 fully saturated rings. The molecular weight excluding hydrogens is 369 g/mol. The highest BCUT2D eigenvalue weighted by Crippen LogP contribution is 2.44. The highest BCUT2D eigenvalue weighted by molar-refractivity contribution is 5.92. The Morgan fingerprint density at radius 2 is 1.81 bits per heavy atom. The molecular formula is C18H18F5N3O. The first kappa shape index (κ1) is 18.2. The van der Waals surface area contributed by atoms with Crippen molar-refractivity contribution in [2.75, 3.05) is 5.32 Å². The number of nitrogens with zero attached hydrogens (tertiary/aromatic N) is 2. The lowest BCUT2D eigenvalue weighted by atomic mass is 9.86. The van der Waals surface area contributed by atoms with Crippen LogP contribution in [-0.2, 0) is 11.0 Å². The first-order valence-corrected chi connectivity index (χ1v) is 8.92. The summed E-state index contributed by atoms with van der Waals surface area (Å²) in [6.45, 7) is 0. The van der Waals surface area contributed by atoms with E-state index in [4.69, 9.17) is 0 Å². The quantitative estimate of drug-likeness (QED) is 0.754. The summed E-state index contributed by atoms with van der Waals surface area (Å²) in [6.07, 6.45) is -2.36. The summed E-state index contributed by atoms with van der Waals surface area (Å²) in [7, 11) is 0. The van der Waals surface area contributed by atoms with Crippen molar-refractivity contribution in [3.8, 4) is 0 Å². The molecule has 2 aromatic rings. The van der Waals surface area contributed by atoms with Crippen LogP contribution in [0.5, 0.6) is 0 Å². The minimum absolute atomic E-state index is 0.0365. The van der Waals surface area contributed by atoms with Gasteiger partial charge in [0.05, 0.1) is 11.3 Å². The van der Waals surface area contributed by atoms with Crippen molar-refractivity contribution in [1.82, 2.24) is 9.38 Å². The second kappa shape index (κ2) is 6.17. The van der Waals surface area contributed by atoms with Gasteiger partial charge in [0.25, 0.3) is 0 Å². The molecule has 0 atom stereocenters. The highest BCUT2D eigenvalue weighted by Gasteiger charge is 2.39. The minimum atomic E-state index is -4.48. The van der Waals surface area contributed by atoms with Crippen LogP contribution in [0, 0.1) is 5.92 Å². The predicted molar refractivity (Wildman–Crippen MR) is 87.7 cm³/mol. The molecule has 2 heterocycles. The molecule has 4 nitrogen and oxygen atoms in total. The fraction of sp³-hybridized carbons (Fsp3) is 0.556. The normalized spacial score (nSPS) is 20.8. The Labute approximate surface area is 151 Å². The number of alkyl halides is 5. The maximum absolute atomic E-state index is 13.3. The number of rotatable bonds is 3. The molecule has 0 saturated heterocycles. The van der Waals surface area contributed by atoms with Crippen LogP contribution in [0.3, 0.4) is 0 Å². The Kier molecular flexibility index (Phi) is 4.16. The number of anilines is 1. The number of halogens is 5. The van der Waals surface area contributed by atoms with Crippen LogP contribution >= 0.6 is 0 Å². The van der Waals surface area contributed by atoms with Crippen LogP contribution in [0.4, 0.5) is 27.8 Å². The maximum atomic E-state index is 13.3. The van der Waals surface area contributed by atoms with E-state index >= 15 is 0 Å². The largest absolute Gasteiger partial charge is 0.417 e. The molecule has 2 aliphatic rings. The molecule has 4 rings (SSSR count). The third-order valence-electron chi connectivity index (χ3n) is 5.28. The van der Waals surface area contributed by atoms with Crippen molar-refractivity contribution in [2.24, 2.45) is 5.92 Å². The van der Waals surface area contributed by atoms with Crippen LogP contribution in [0.2, 0.25) is 0 Å². The number of hydrogen-bond donors (Lipinski definition) is 1. The maximum Gasteiger partial charge on any atom is 0.417 e. The summed E-state index contributed by atoms with van der Waals surface area (Å²) in [5.74, 6) is -3.39. The van der Waals surface area contributed by atoms with Crippen LogP contribution in [0.15, 0.2) is 18.3 Å². The van der Waals surface area contributed by atoms with Crippen LogP contribution in [0.1, 0.15) is 55.7 Å². The van der Waals surface area contributed by atoms with Crippen LogP contribution < -0.4 is 5.32 Å². The summed E-state index contributed by atoms with van der Waals surface area (Å²) in [4.78, 5) is 16.8. The molecule has 27 heavy (non-hydrogen) atoms. The average Bonchev–Trinajstić information content (AvgIpc) is 3.34. The van der Waals surface area contributed by atoms with Gasteiger partial charge in [0.2, 0.25) is 11.8 Å². The zero-order valence-electron chi connectivity index (χ0n) is 14.3. The molecule has 0 spiro atoms. The van der Waals surface area contributed by atoms with Gasteiger partial charge in [-0.3, -0.25) is 4.79 Å². The van der Waals surface area contributed by atoms with Crippen molar-refractivity contribution in [3.05, 3.63) is 29.6 Å². The van der Waals surface area contributed by atoms with E-state index < -0.39 is 29.5 Å². The van der Waals surface area contributed by atoms with Crippen molar-refractivity contribution in [1.29, 1.82) is 0 Å². The van der Waals surface area contributed by atoms with Gasteiger partial charge in [0.1, 0.15) is 5.65 Å². The molecule has 0 radical (unpaired) electrons. The number of carbonyl (C=O) groups is 1. The van der Waals surface area contributed by atoms with Gasteiger partial charge in [-0.25, -0.2) is 13.8 Å². The number of amides is 1. The summed E-state index contributed by atoms with van der Waals surface area (Å²) < 4.78 is 67.0. The molecule has 2 aromatic heterocycles. The monoisotopic (exact) mass is 387 g/mol. The number of aromatic nitrogens is 2. The van der Waals surface area contributed by atoms with Gasteiger partial charge in [-0.15, -0.1) is 0 Å². The third kappa shape index (κ3) is 3.64. The zero-order valence-corrected chi connectivity index (χ0v) is 14.3. The number of hydrogen-bond acceptors (Lipinski definition) is 2. The van der Waals surface area contributed by atoms with Gasteiger partial charge in [0, 0.05) is 30.9 Å². The van der Waals surface area contributed by atoms with Crippen molar-refractivity contribution in [3.63, 3.8) is 0 Å². The Balaban J connectivity index is 1.62. The van der Waals surface area contributed by atoms with Gasteiger partial charge >= 0.3 is 6.18 Å². The van der Waals surface area contributed by atoms with Gasteiger partial charge in [-0.1, -0.05) is 0 Å². The van der Waals surface area contributed by atoms with E-state index in [1.807, 2.05) is 0 Å². The summed E-state index contributed by atoms with van der Waals surface area (Å²) in [5.41, 5.74) is 0.0719. The second-order valence-corrected chi connectivity index (χ2v) is 7.38. The number of fused-ring (bicyclic) bond motifs is 1. The smallest absolute Gasteiger partial charge is 0.309 e. The fourth-order valence-electron chi connectivity index (χ4n) is 3.59. The molecule has 0 aromatic carbocycles. The highest BCUT2D eigenvalue weighted by atomic mass is 19.4. The standard InChI is InChI=1S/C18H18F5N3O/c19-17(20)7-5-11(6-8-17)16(27)25-15-14(10-1-2-10)26-9-12(18(21,22)23)3-4-13(26)24-15/h3-4,9-11H,1-2,5-8H2,(H,25,27). The van der Waals surface area contributed by atoms with Gasteiger partial charge in [0.15, 0.2) is 5.82 Å². The number of carbonyl (C=O) groups excluding carboxylic acids is 1. The SMILES string of the molecule is O=C(Nc1nc2ccc(C(F)(F)F)cn2c1C1CC1)C1CCC(F)(F)CC1. The summed E-state index contributed by atoms with van der Waals surface area (Å²) in [6, 6.07) is 2.22. The van der Waals surface area contributed by atoms with Crippen LogP contribution in [0.25, 0.3) is 5.65 Å². The third-order valence-corrected chi connectivity index (χ3v) is 5.28. The molecule has 146 valence electrons. The number of pyridine rings is 1. The van der Waals surface area contributed by atoms with Crippen LogP contribution in [-0.4, -0.2) is 21.2 Å². The lowest BCUT2D eigenvalue weighted by molar-refractivity contribution is -0.137. The Hall–Kier alpha value is -2.19. The van der Waals surface area contributed by atoms with E-state index in [9.17, 15) is 26.7 Å². The Bertz CT molecular complexity index is 875. The molecule has 2 saturated carbocycles. The van der Waals surface area contributed by atoms with E-state index in [2.05, 4.69) is 10.3 Å². The summed E-state index contributed by atoms with van der Waals surface area (Å²) >= 11 is 0. The topological polar surface area (TPSA) is 46.4 Å².